The number of ketones is 2. The standard InChI is InChI=1S/C23H29N7O5/c24-20(33)22(25,13-15-7-2-1-3-8-15)17(31)14-23(26,21(34)35)18(32)16(9-4-5-12-30-27)19-28-10-6-11-29-19/h1-3,6-8,10-12,16H,4-5,9,13-14,25-27H2,(H2,24,33)(H,34,35). The van der Waals surface area contributed by atoms with E-state index >= 15 is 0 Å². The first kappa shape index (κ1) is 27.2. The fourth-order valence-electron chi connectivity index (χ4n) is 3.59. The highest BCUT2D eigenvalue weighted by atomic mass is 16.4. The highest BCUT2D eigenvalue weighted by Crippen LogP contribution is 2.28. The van der Waals surface area contributed by atoms with Crippen molar-refractivity contribution in [3.63, 3.8) is 0 Å². The third-order valence-electron chi connectivity index (χ3n) is 5.67. The Morgan fingerprint density at radius 3 is 2.20 bits per heavy atom. The Morgan fingerprint density at radius 1 is 1.03 bits per heavy atom. The van der Waals surface area contributed by atoms with Crippen LogP contribution in [0.2, 0.25) is 0 Å². The van der Waals surface area contributed by atoms with Gasteiger partial charge in [-0.05, 0) is 30.9 Å². The quantitative estimate of drug-likeness (QED) is 0.0753. The lowest BCUT2D eigenvalue weighted by Gasteiger charge is -2.31. The zero-order chi connectivity index (χ0) is 26.1. The first-order valence-corrected chi connectivity index (χ1v) is 10.8. The summed E-state index contributed by atoms with van der Waals surface area (Å²) in [6.07, 6.45) is 3.77. The number of Topliss-reactive ketones (excluding diaryl/α,β-unsaturated/α-hetero) is 2. The summed E-state index contributed by atoms with van der Waals surface area (Å²) < 4.78 is 0. The van der Waals surface area contributed by atoms with Crippen LogP contribution in [0.15, 0.2) is 53.9 Å². The zero-order valence-corrected chi connectivity index (χ0v) is 19.0. The number of rotatable bonds is 14. The number of carboxylic acid groups (broad SMARTS) is 1. The molecule has 0 aliphatic heterocycles. The summed E-state index contributed by atoms with van der Waals surface area (Å²) in [5, 5.41) is 13.3. The highest BCUT2D eigenvalue weighted by Gasteiger charge is 2.52. The number of hydrogen-bond donors (Lipinski definition) is 5. The summed E-state index contributed by atoms with van der Waals surface area (Å²) in [5.74, 6) is -1.01. The number of aromatic nitrogens is 2. The number of benzene rings is 1. The van der Waals surface area contributed by atoms with Gasteiger partial charge in [0.15, 0.2) is 22.6 Å². The van der Waals surface area contributed by atoms with E-state index < -0.39 is 46.9 Å². The third-order valence-corrected chi connectivity index (χ3v) is 5.67. The summed E-state index contributed by atoms with van der Waals surface area (Å²) in [5.41, 5.74) is 13.1. The molecule has 2 rings (SSSR count). The molecule has 0 saturated heterocycles. The fourth-order valence-corrected chi connectivity index (χ4v) is 3.59. The predicted octanol–water partition coefficient (Wildman–Crippen LogP) is -0.589. The monoisotopic (exact) mass is 483 g/mol. The molecular weight excluding hydrogens is 454 g/mol. The fraction of sp³-hybridized carbons (Fsp3) is 0.348. The Labute approximate surface area is 201 Å². The van der Waals surface area contributed by atoms with E-state index in [1.54, 1.807) is 30.3 Å². The van der Waals surface area contributed by atoms with E-state index in [0.717, 1.165) is 0 Å². The van der Waals surface area contributed by atoms with Gasteiger partial charge >= 0.3 is 5.97 Å². The molecule has 0 bridgehead atoms. The third kappa shape index (κ3) is 6.52. The van der Waals surface area contributed by atoms with Crippen LogP contribution in [0.3, 0.4) is 0 Å². The van der Waals surface area contributed by atoms with Gasteiger partial charge in [0.25, 0.3) is 0 Å². The summed E-state index contributed by atoms with van der Waals surface area (Å²) in [6.45, 7) is 0. The Balaban J connectivity index is 2.40. The first-order chi connectivity index (χ1) is 16.6. The molecule has 0 aliphatic carbocycles. The van der Waals surface area contributed by atoms with Crippen molar-refractivity contribution in [2.45, 2.75) is 49.1 Å². The normalized spacial score (nSPS) is 15.6. The van der Waals surface area contributed by atoms with E-state index in [1.165, 1.54) is 24.7 Å². The number of nitrogens with two attached hydrogens (primary N) is 4. The van der Waals surface area contributed by atoms with E-state index in [9.17, 15) is 24.3 Å². The lowest BCUT2D eigenvalue weighted by atomic mass is 9.75. The van der Waals surface area contributed by atoms with E-state index in [4.69, 9.17) is 23.0 Å². The maximum Gasteiger partial charge on any atom is 0.331 e. The van der Waals surface area contributed by atoms with Crippen LogP contribution in [-0.2, 0) is 25.6 Å². The molecule has 1 aromatic heterocycles. The number of carboxylic acids is 1. The van der Waals surface area contributed by atoms with Gasteiger partial charge in [0.1, 0.15) is 5.82 Å². The molecule has 12 nitrogen and oxygen atoms in total. The maximum atomic E-state index is 13.5. The number of primary amides is 1. The second-order valence-corrected chi connectivity index (χ2v) is 8.16. The van der Waals surface area contributed by atoms with Gasteiger partial charge in [-0.3, -0.25) is 14.4 Å². The van der Waals surface area contributed by atoms with E-state index in [1.807, 2.05) is 0 Å². The molecule has 2 aromatic rings. The topological polar surface area (TPSA) is 231 Å². The molecule has 12 heteroatoms. The minimum atomic E-state index is -2.71. The van der Waals surface area contributed by atoms with E-state index in [2.05, 4.69) is 15.1 Å². The Hall–Kier alpha value is -4.03. The summed E-state index contributed by atoms with van der Waals surface area (Å²) in [7, 11) is 0. The van der Waals surface area contributed by atoms with Gasteiger partial charge in [-0.1, -0.05) is 30.3 Å². The lowest BCUT2D eigenvalue weighted by Crippen LogP contribution is -2.65. The van der Waals surface area contributed by atoms with Crippen molar-refractivity contribution in [3.8, 4) is 0 Å². The van der Waals surface area contributed by atoms with Crippen LogP contribution in [0.1, 0.15) is 43.0 Å². The molecule has 186 valence electrons. The van der Waals surface area contributed by atoms with Crippen molar-refractivity contribution in [2.75, 3.05) is 0 Å². The highest BCUT2D eigenvalue weighted by molar-refractivity contribution is 6.17. The van der Waals surface area contributed by atoms with Gasteiger partial charge in [-0.25, -0.2) is 14.8 Å². The average Bonchev–Trinajstić information content (AvgIpc) is 2.84. The van der Waals surface area contributed by atoms with Gasteiger partial charge < -0.3 is 28.2 Å². The number of hydrazone groups is 1. The largest absolute Gasteiger partial charge is 0.480 e. The van der Waals surface area contributed by atoms with Gasteiger partial charge in [0, 0.05) is 31.4 Å². The maximum absolute atomic E-state index is 13.5. The second-order valence-electron chi connectivity index (χ2n) is 8.16. The van der Waals surface area contributed by atoms with Crippen molar-refractivity contribution in [1.29, 1.82) is 0 Å². The van der Waals surface area contributed by atoms with Crippen molar-refractivity contribution in [2.24, 2.45) is 28.1 Å². The summed E-state index contributed by atoms with van der Waals surface area (Å²) in [6, 6.07) is 9.87. The van der Waals surface area contributed by atoms with Crippen LogP contribution in [0, 0.1) is 0 Å². The van der Waals surface area contributed by atoms with Gasteiger partial charge in [0.05, 0.1) is 5.92 Å². The van der Waals surface area contributed by atoms with Crippen molar-refractivity contribution < 1.29 is 24.3 Å². The van der Waals surface area contributed by atoms with Crippen LogP contribution in [-0.4, -0.2) is 55.8 Å². The van der Waals surface area contributed by atoms with Gasteiger partial charge in [-0.15, -0.1) is 0 Å². The molecule has 0 saturated carbocycles. The smallest absolute Gasteiger partial charge is 0.331 e. The van der Waals surface area contributed by atoms with Crippen LogP contribution >= 0.6 is 0 Å². The predicted molar refractivity (Wildman–Crippen MR) is 127 cm³/mol. The molecule has 3 atom stereocenters. The van der Waals surface area contributed by atoms with Crippen LogP contribution in [0.25, 0.3) is 0 Å². The van der Waals surface area contributed by atoms with E-state index in [-0.39, 0.29) is 18.7 Å². The molecule has 0 radical (unpaired) electrons. The van der Waals surface area contributed by atoms with Crippen molar-refractivity contribution in [3.05, 3.63) is 60.2 Å². The summed E-state index contributed by atoms with van der Waals surface area (Å²) in [4.78, 5) is 59.3. The zero-order valence-electron chi connectivity index (χ0n) is 19.0. The molecule has 3 unspecified atom stereocenters. The number of carbonyl (C=O) groups excluding carboxylic acids is 3. The van der Waals surface area contributed by atoms with Crippen LogP contribution in [0.4, 0.5) is 0 Å². The molecule has 1 aromatic carbocycles. The number of nitrogens with zero attached hydrogens (tertiary/aromatic N) is 3. The molecule has 35 heavy (non-hydrogen) atoms. The van der Waals surface area contributed by atoms with Crippen LogP contribution < -0.4 is 23.0 Å². The Morgan fingerprint density at radius 2 is 1.66 bits per heavy atom. The number of aliphatic carboxylic acids is 1. The van der Waals surface area contributed by atoms with E-state index in [0.29, 0.717) is 18.4 Å². The number of carbonyl (C=O) groups is 4. The van der Waals surface area contributed by atoms with Crippen LogP contribution in [0.5, 0.6) is 0 Å². The minimum Gasteiger partial charge on any atom is -0.480 e. The Bertz CT molecular complexity index is 1080. The molecule has 9 N–H and O–H groups in total. The lowest BCUT2D eigenvalue weighted by molar-refractivity contribution is -0.152. The van der Waals surface area contributed by atoms with Crippen molar-refractivity contribution >= 4 is 29.7 Å². The van der Waals surface area contributed by atoms with Crippen molar-refractivity contribution in [1.82, 2.24) is 9.97 Å². The SMILES string of the molecule is NN=CCCCC(C(=O)C(N)(CC(=O)C(N)(Cc1ccccc1)C(N)=O)C(=O)O)c1ncccn1. The van der Waals surface area contributed by atoms with Gasteiger partial charge in [-0.2, -0.15) is 5.10 Å². The molecule has 1 heterocycles. The Kier molecular flexibility index (Phi) is 9.26. The average molecular weight is 484 g/mol. The molecule has 0 fully saturated rings. The molecule has 1 amide bonds. The number of amides is 1. The first-order valence-electron chi connectivity index (χ1n) is 10.8. The number of unbranched alkanes of at least 4 members (excludes halogenated alkanes) is 1. The molecule has 0 spiro atoms. The number of hydrogen-bond acceptors (Lipinski definition) is 10. The molecule has 0 aliphatic rings. The van der Waals surface area contributed by atoms with Gasteiger partial charge in [0.2, 0.25) is 5.91 Å². The minimum absolute atomic E-state index is 0.0453. The molecular formula is C23H29N7O5. The second kappa shape index (κ2) is 11.9. The summed E-state index contributed by atoms with van der Waals surface area (Å²) >= 11 is 0.